The molecule has 2 aromatic heterocycles. The Morgan fingerprint density at radius 2 is 1.89 bits per heavy atom. The van der Waals surface area contributed by atoms with Crippen LogP contribution in [0.3, 0.4) is 0 Å². The molecule has 0 spiro atoms. The van der Waals surface area contributed by atoms with Gasteiger partial charge in [-0.1, -0.05) is 55.5 Å². The van der Waals surface area contributed by atoms with Crippen molar-refractivity contribution in [1.82, 2.24) is 15.3 Å². The lowest BCUT2D eigenvalue weighted by atomic mass is 10.1. The van der Waals surface area contributed by atoms with Crippen LogP contribution in [0.4, 0.5) is 0 Å². The first-order chi connectivity index (χ1) is 13.2. The third kappa shape index (κ3) is 3.24. The summed E-state index contributed by atoms with van der Waals surface area (Å²) < 4.78 is 5.77. The second kappa shape index (κ2) is 7.11. The fraction of sp³-hybridized carbons (Fsp3) is 0.182. The van der Waals surface area contributed by atoms with Gasteiger partial charge in [-0.05, 0) is 25.0 Å². The standard InChI is InChI=1S/C22H21N3O2/c1-3-17(21-23-13-18(24-21)15-9-5-4-6-10-15)25-22(26)20-14(2)16-11-7-8-12-19(16)27-20/h4-13,17H,3H2,1-2H3,(H,23,24)(H,25,26). The third-order valence-electron chi connectivity index (χ3n) is 4.77. The molecule has 0 bridgehead atoms. The minimum Gasteiger partial charge on any atom is -0.451 e. The van der Waals surface area contributed by atoms with Crippen molar-refractivity contribution in [2.75, 3.05) is 0 Å². The molecule has 2 heterocycles. The number of benzene rings is 2. The van der Waals surface area contributed by atoms with E-state index in [9.17, 15) is 4.79 Å². The maximum absolute atomic E-state index is 12.8. The van der Waals surface area contributed by atoms with E-state index in [4.69, 9.17) is 4.42 Å². The topological polar surface area (TPSA) is 70.9 Å². The predicted molar refractivity (Wildman–Crippen MR) is 105 cm³/mol. The molecule has 1 atom stereocenters. The van der Waals surface area contributed by atoms with Gasteiger partial charge in [-0.3, -0.25) is 4.79 Å². The third-order valence-corrected chi connectivity index (χ3v) is 4.77. The number of aryl methyl sites for hydroxylation is 1. The Balaban J connectivity index is 1.57. The number of fused-ring (bicyclic) bond motifs is 1. The summed E-state index contributed by atoms with van der Waals surface area (Å²) in [6, 6.07) is 17.4. The number of hydrogen-bond donors (Lipinski definition) is 2. The van der Waals surface area contributed by atoms with Crippen LogP contribution in [0.5, 0.6) is 0 Å². The van der Waals surface area contributed by atoms with Crippen LogP contribution in [0.15, 0.2) is 65.2 Å². The van der Waals surface area contributed by atoms with Gasteiger partial charge in [0, 0.05) is 10.9 Å². The van der Waals surface area contributed by atoms with Crippen molar-refractivity contribution in [2.45, 2.75) is 26.3 Å². The molecule has 0 radical (unpaired) electrons. The highest BCUT2D eigenvalue weighted by atomic mass is 16.3. The zero-order valence-corrected chi connectivity index (χ0v) is 15.3. The summed E-state index contributed by atoms with van der Waals surface area (Å²) >= 11 is 0. The van der Waals surface area contributed by atoms with Crippen molar-refractivity contribution in [3.8, 4) is 11.3 Å². The first kappa shape index (κ1) is 17.1. The number of aromatic nitrogens is 2. The summed E-state index contributed by atoms with van der Waals surface area (Å²) in [7, 11) is 0. The maximum Gasteiger partial charge on any atom is 0.287 e. The molecule has 5 nitrogen and oxygen atoms in total. The van der Waals surface area contributed by atoms with Crippen LogP contribution >= 0.6 is 0 Å². The van der Waals surface area contributed by atoms with E-state index in [2.05, 4.69) is 15.3 Å². The number of H-pyrrole nitrogens is 1. The average molecular weight is 359 g/mol. The molecule has 0 aliphatic rings. The Morgan fingerprint density at radius 3 is 2.63 bits per heavy atom. The van der Waals surface area contributed by atoms with Gasteiger partial charge in [0.25, 0.3) is 5.91 Å². The molecule has 0 fully saturated rings. The summed E-state index contributed by atoms with van der Waals surface area (Å²) in [5.74, 6) is 0.858. The lowest BCUT2D eigenvalue weighted by Gasteiger charge is -2.14. The zero-order valence-electron chi connectivity index (χ0n) is 15.3. The number of carbonyl (C=O) groups excluding carboxylic acids is 1. The van der Waals surface area contributed by atoms with E-state index in [1.165, 1.54) is 0 Å². The van der Waals surface area contributed by atoms with Crippen LogP contribution in [0.1, 0.15) is 41.3 Å². The number of amides is 1. The van der Waals surface area contributed by atoms with Crippen molar-refractivity contribution in [1.29, 1.82) is 0 Å². The molecule has 136 valence electrons. The molecular weight excluding hydrogens is 338 g/mol. The second-order valence-corrected chi connectivity index (χ2v) is 6.53. The largest absolute Gasteiger partial charge is 0.451 e. The number of nitrogens with zero attached hydrogens (tertiary/aromatic N) is 1. The highest BCUT2D eigenvalue weighted by molar-refractivity contribution is 5.99. The van der Waals surface area contributed by atoms with Gasteiger partial charge >= 0.3 is 0 Å². The van der Waals surface area contributed by atoms with Crippen LogP contribution in [0.2, 0.25) is 0 Å². The molecule has 2 N–H and O–H groups in total. The lowest BCUT2D eigenvalue weighted by Crippen LogP contribution is -2.29. The van der Waals surface area contributed by atoms with E-state index in [0.29, 0.717) is 12.2 Å². The summed E-state index contributed by atoms with van der Waals surface area (Å²) in [6.45, 7) is 3.92. The minimum atomic E-state index is -0.229. The van der Waals surface area contributed by atoms with Gasteiger partial charge in [-0.15, -0.1) is 0 Å². The van der Waals surface area contributed by atoms with Gasteiger partial charge in [0.2, 0.25) is 0 Å². The number of furan rings is 1. The van der Waals surface area contributed by atoms with Gasteiger partial charge in [-0.2, -0.15) is 0 Å². The van der Waals surface area contributed by atoms with Crippen LogP contribution in [0.25, 0.3) is 22.2 Å². The minimum absolute atomic E-state index is 0.220. The summed E-state index contributed by atoms with van der Waals surface area (Å²) in [5.41, 5.74) is 3.56. The van der Waals surface area contributed by atoms with Gasteiger partial charge in [-0.25, -0.2) is 4.98 Å². The number of rotatable bonds is 5. The monoisotopic (exact) mass is 359 g/mol. The number of carbonyl (C=O) groups is 1. The van der Waals surface area contributed by atoms with Gasteiger partial charge < -0.3 is 14.7 Å². The van der Waals surface area contributed by atoms with Crippen LogP contribution in [0, 0.1) is 6.92 Å². The highest BCUT2D eigenvalue weighted by Gasteiger charge is 2.22. The predicted octanol–water partition coefficient (Wildman–Crippen LogP) is 5.01. The molecular formula is C22H21N3O2. The van der Waals surface area contributed by atoms with E-state index in [1.54, 1.807) is 6.20 Å². The molecule has 2 aromatic carbocycles. The smallest absolute Gasteiger partial charge is 0.287 e. The van der Waals surface area contributed by atoms with Gasteiger partial charge in [0.05, 0.1) is 17.9 Å². The Morgan fingerprint density at radius 1 is 1.15 bits per heavy atom. The highest BCUT2D eigenvalue weighted by Crippen LogP contribution is 2.26. The number of hydrogen-bond acceptors (Lipinski definition) is 3. The van der Waals surface area contributed by atoms with E-state index in [0.717, 1.165) is 33.6 Å². The zero-order chi connectivity index (χ0) is 18.8. The number of nitrogens with one attached hydrogen (secondary N) is 2. The van der Waals surface area contributed by atoms with Crippen LogP contribution < -0.4 is 5.32 Å². The van der Waals surface area contributed by atoms with Gasteiger partial charge in [0.15, 0.2) is 5.76 Å². The van der Waals surface area contributed by atoms with Crippen molar-refractivity contribution < 1.29 is 9.21 Å². The SMILES string of the molecule is CCC(NC(=O)c1oc2ccccc2c1C)c1ncc(-c2ccccc2)[nH]1. The first-order valence-electron chi connectivity index (χ1n) is 9.06. The molecule has 5 heteroatoms. The average Bonchev–Trinajstić information content (AvgIpc) is 3.32. The normalized spacial score (nSPS) is 12.2. The maximum atomic E-state index is 12.8. The molecule has 1 unspecified atom stereocenters. The van der Waals surface area contributed by atoms with E-state index >= 15 is 0 Å². The van der Waals surface area contributed by atoms with Crippen molar-refractivity contribution in [3.63, 3.8) is 0 Å². The van der Waals surface area contributed by atoms with Crippen molar-refractivity contribution in [3.05, 3.63) is 77.9 Å². The molecule has 4 aromatic rings. The fourth-order valence-corrected chi connectivity index (χ4v) is 3.26. The summed E-state index contributed by atoms with van der Waals surface area (Å²) in [4.78, 5) is 20.6. The molecule has 0 aliphatic heterocycles. The van der Waals surface area contributed by atoms with E-state index in [-0.39, 0.29) is 11.9 Å². The number of aromatic amines is 1. The molecule has 0 aliphatic carbocycles. The Bertz CT molecular complexity index is 1080. The van der Waals surface area contributed by atoms with E-state index in [1.807, 2.05) is 68.4 Å². The fourth-order valence-electron chi connectivity index (χ4n) is 3.26. The van der Waals surface area contributed by atoms with Gasteiger partial charge in [0.1, 0.15) is 11.4 Å². The molecule has 4 rings (SSSR count). The van der Waals surface area contributed by atoms with Crippen LogP contribution in [-0.4, -0.2) is 15.9 Å². The number of imidazole rings is 1. The second-order valence-electron chi connectivity index (χ2n) is 6.53. The molecule has 0 saturated carbocycles. The Hall–Kier alpha value is -3.34. The lowest BCUT2D eigenvalue weighted by molar-refractivity contribution is 0.0907. The summed E-state index contributed by atoms with van der Waals surface area (Å²) in [5, 5.41) is 4.00. The van der Waals surface area contributed by atoms with Crippen molar-refractivity contribution in [2.24, 2.45) is 0 Å². The molecule has 1 amide bonds. The molecule has 0 saturated heterocycles. The Labute approximate surface area is 157 Å². The Kier molecular flexibility index (Phi) is 4.50. The van der Waals surface area contributed by atoms with E-state index < -0.39 is 0 Å². The summed E-state index contributed by atoms with van der Waals surface area (Å²) in [6.07, 6.45) is 2.51. The quantitative estimate of drug-likeness (QED) is 0.526. The van der Waals surface area contributed by atoms with Crippen molar-refractivity contribution >= 4 is 16.9 Å². The van der Waals surface area contributed by atoms with Crippen LogP contribution in [-0.2, 0) is 0 Å². The molecule has 27 heavy (non-hydrogen) atoms. The first-order valence-corrected chi connectivity index (χ1v) is 9.06. The number of para-hydroxylation sites is 1.